The van der Waals surface area contributed by atoms with Gasteiger partial charge in [0.05, 0.1) is 23.8 Å². The summed E-state index contributed by atoms with van der Waals surface area (Å²) in [6, 6.07) is 20.9. The number of nitro groups is 1. The van der Waals surface area contributed by atoms with Gasteiger partial charge in [0.2, 0.25) is 0 Å². The number of aryl methyl sites for hydroxylation is 1. The molecule has 9 heteroatoms. The lowest BCUT2D eigenvalue weighted by molar-refractivity contribution is -0.383. The van der Waals surface area contributed by atoms with Gasteiger partial charge in [0.25, 0.3) is 5.69 Å². The Bertz CT molecular complexity index is 1150. The molecule has 0 bridgehead atoms. The van der Waals surface area contributed by atoms with E-state index in [0.717, 1.165) is 16.7 Å². The third-order valence-corrected chi connectivity index (χ3v) is 4.89. The largest absolute Gasteiger partial charge is 0.450 e. The van der Waals surface area contributed by atoms with Gasteiger partial charge in [-0.2, -0.15) is 0 Å². The lowest BCUT2D eigenvalue weighted by atomic mass is 10.1. The van der Waals surface area contributed by atoms with Crippen LogP contribution in [0.15, 0.2) is 72.8 Å². The molecule has 0 aliphatic heterocycles. The summed E-state index contributed by atoms with van der Waals surface area (Å²) in [5.41, 5.74) is 2.52. The minimum Gasteiger partial charge on any atom is -0.450 e. The molecule has 9 nitrogen and oxygen atoms in total. The standard InChI is InChI=1S/C25H25N3O6/c1-3-33-24(29)26-22-14-13-21(15-23(22)28(31)32)27(16-19-11-9-18(2)10-12-19)25(30)34-17-20-7-5-4-6-8-20/h4-15H,3,16-17H2,1-2H3,(H,26,29). The van der Waals surface area contributed by atoms with Crippen LogP contribution in [0.5, 0.6) is 0 Å². The summed E-state index contributed by atoms with van der Waals surface area (Å²) < 4.78 is 10.3. The molecule has 0 saturated carbocycles. The van der Waals surface area contributed by atoms with Crippen LogP contribution in [0.4, 0.5) is 26.7 Å². The van der Waals surface area contributed by atoms with Gasteiger partial charge in [-0.25, -0.2) is 9.59 Å². The van der Waals surface area contributed by atoms with Crippen molar-refractivity contribution in [2.24, 2.45) is 0 Å². The lowest BCUT2D eigenvalue weighted by Gasteiger charge is -2.23. The number of nitrogens with one attached hydrogen (secondary N) is 1. The van der Waals surface area contributed by atoms with Gasteiger partial charge < -0.3 is 9.47 Å². The van der Waals surface area contributed by atoms with Gasteiger partial charge in [0, 0.05) is 6.07 Å². The number of nitro benzene ring substituents is 1. The Morgan fingerprint density at radius 1 is 0.971 bits per heavy atom. The molecule has 3 rings (SSSR count). The fraction of sp³-hybridized carbons (Fsp3) is 0.200. The molecule has 0 atom stereocenters. The number of hydrogen-bond donors (Lipinski definition) is 1. The molecule has 0 fully saturated rings. The van der Waals surface area contributed by atoms with Crippen LogP contribution in [0.3, 0.4) is 0 Å². The van der Waals surface area contributed by atoms with Crippen molar-refractivity contribution in [3.63, 3.8) is 0 Å². The number of hydrogen-bond acceptors (Lipinski definition) is 6. The highest BCUT2D eigenvalue weighted by atomic mass is 16.6. The third-order valence-electron chi connectivity index (χ3n) is 4.89. The van der Waals surface area contributed by atoms with Gasteiger partial charge in [0.15, 0.2) is 0 Å². The maximum Gasteiger partial charge on any atom is 0.414 e. The van der Waals surface area contributed by atoms with Crippen molar-refractivity contribution in [3.05, 3.63) is 99.6 Å². The maximum atomic E-state index is 13.1. The summed E-state index contributed by atoms with van der Waals surface area (Å²) in [5.74, 6) is 0. The van der Waals surface area contributed by atoms with Crippen LogP contribution in [0.25, 0.3) is 0 Å². The Labute approximate surface area is 197 Å². The van der Waals surface area contributed by atoms with E-state index in [1.807, 2.05) is 61.5 Å². The van der Waals surface area contributed by atoms with E-state index in [1.165, 1.54) is 23.1 Å². The predicted octanol–water partition coefficient (Wildman–Crippen LogP) is 5.82. The van der Waals surface area contributed by atoms with Crippen molar-refractivity contribution in [3.8, 4) is 0 Å². The van der Waals surface area contributed by atoms with Crippen molar-refractivity contribution < 1.29 is 24.0 Å². The van der Waals surface area contributed by atoms with E-state index in [4.69, 9.17) is 9.47 Å². The van der Waals surface area contributed by atoms with Gasteiger partial charge in [-0.1, -0.05) is 60.2 Å². The highest BCUT2D eigenvalue weighted by molar-refractivity contribution is 5.92. The minimum absolute atomic E-state index is 0.0415. The summed E-state index contributed by atoms with van der Waals surface area (Å²) in [7, 11) is 0. The highest BCUT2D eigenvalue weighted by Gasteiger charge is 2.24. The molecular weight excluding hydrogens is 438 g/mol. The SMILES string of the molecule is CCOC(=O)Nc1ccc(N(Cc2ccc(C)cc2)C(=O)OCc2ccccc2)cc1[N+](=O)[O-]. The molecule has 1 N–H and O–H groups in total. The smallest absolute Gasteiger partial charge is 0.414 e. The molecule has 0 radical (unpaired) electrons. The van der Waals surface area contributed by atoms with Crippen LogP contribution in [0.2, 0.25) is 0 Å². The number of anilines is 2. The highest BCUT2D eigenvalue weighted by Crippen LogP contribution is 2.31. The van der Waals surface area contributed by atoms with Gasteiger partial charge in [-0.05, 0) is 37.1 Å². The fourth-order valence-electron chi connectivity index (χ4n) is 3.16. The van der Waals surface area contributed by atoms with Crippen LogP contribution in [0, 0.1) is 17.0 Å². The second kappa shape index (κ2) is 11.5. The molecule has 3 aromatic carbocycles. The van der Waals surface area contributed by atoms with Crippen LogP contribution in [0.1, 0.15) is 23.6 Å². The van der Waals surface area contributed by atoms with E-state index >= 15 is 0 Å². The topological polar surface area (TPSA) is 111 Å². The summed E-state index contributed by atoms with van der Waals surface area (Å²) in [4.78, 5) is 37.2. The molecule has 176 valence electrons. The van der Waals surface area contributed by atoms with Crippen LogP contribution < -0.4 is 10.2 Å². The molecule has 3 aromatic rings. The predicted molar refractivity (Wildman–Crippen MR) is 128 cm³/mol. The summed E-state index contributed by atoms with van der Waals surface area (Å²) in [5, 5.41) is 14.0. The average Bonchev–Trinajstić information content (AvgIpc) is 2.83. The van der Waals surface area contributed by atoms with Gasteiger partial charge in [-0.15, -0.1) is 0 Å². The number of ether oxygens (including phenoxy) is 2. The van der Waals surface area contributed by atoms with E-state index in [9.17, 15) is 19.7 Å². The second-order valence-corrected chi connectivity index (χ2v) is 7.42. The summed E-state index contributed by atoms with van der Waals surface area (Å²) >= 11 is 0. The van der Waals surface area contributed by atoms with Crippen molar-refractivity contribution in [1.82, 2.24) is 0 Å². The monoisotopic (exact) mass is 463 g/mol. The Hall–Kier alpha value is -4.40. The molecule has 0 aliphatic carbocycles. The maximum absolute atomic E-state index is 13.1. The van der Waals surface area contributed by atoms with Gasteiger partial charge in [-0.3, -0.25) is 20.3 Å². The second-order valence-electron chi connectivity index (χ2n) is 7.42. The van der Waals surface area contributed by atoms with Crippen molar-refractivity contribution >= 4 is 29.2 Å². The van der Waals surface area contributed by atoms with Crippen LogP contribution in [-0.2, 0) is 22.6 Å². The van der Waals surface area contributed by atoms with Crippen molar-refractivity contribution in [2.45, 2.75) is 27.0 Å². The quantitative estimate of drug-likeness (QED) is 0.333. The van der Waals surface area contributed by atoms with Crippen molar-refractivity contribution in [1.29, 1.82) is 0 Å². The first-order valence-corrected chi connectivity index (χ1v) is 10.6. The molecule has 0 aliphatic rings. The van der Waals surface area contributed by atoms with Crippen molar-refractivity contribution in [2.75, 3.05) is 16.8 Å². The molecule has 34 heavy (non-hydrogen) atoms. The molecule has 0 heterocycles. The van der Waals surface area contributed by atoms with Crippen LogP contribution >= 0.6 is 0 Å². The summed E-state index contributed by atoms with van der Waals surface area (Å²) in [6.07, 6.45) is -1.47. The lowest BCUT2D eigenvalue weighted by Crippen LogP contribution is -2.31. The number of carbonyl (C=O) groups excluding carboxylic acids is 2. The van der Waals surface area contributed by atoms with E-state index < -0.39 is 17.1 Å². The number of benzene rings is 3. The first kappa shape index (κ1) is 24.2. The Balaban J connectivity index is 1.91. The number of rotatable bonds is 8. The minimum atomic E-state index is -0.808. The zero-order valence-corrected chi connectivity index (χ0v) is 18.9. The normalized spacial score (nSPS) is 10.3. The third kappa shape index (κ3) is 6.55. The van der Waals surface area contributed by atoms with Crippen LogP contribution in [-0.4, -0.2) is 23.7 Å². The molecular formula is C25H25N3O6. The molecule has 0 saturated heterocycles. The number of carbonyl (C=O) groups is 2. The zero-order chi connectivity index (χ0) is 24.5. The Morgan fingerprint density at radius 2 is 1.68 bits per heavy atom. The molecule has 0 unspecified atom stereocenters. The molecule has 2 amide bonds. The van der Waals surface area contributed by atoms with E-state index in [2.05, 4.69) is 5.32 Å². The first-order valence-electron chi connectivity index (χ1n) is 10.6. The zero-order valence-electron chi connectivity index (χ0n) is 18.9. The molecule has 0 aromatic heterocycles. The Morgan fingerprint density at radius 3 is 2.32 bits per heavy atom. The average molecular weight is 463 g/mol. The van der Waals surface area contributed by atoms with E-state index in [1.54, 1.807) is 6.92 Å². The summed E-state index contributed by atoms with van der Waals surface area (Å²) in [6.45, 7) is 3.88. The van der Waals surface area contributed by atoms with E-state index in [-0.39, 0.29) is 36.8 Å². The number of nitrogens with zero attached hydrogens (tertiary/aromatic N) is 2. The molecule has 0 spiro atoms. The first-order chi connectivity index (χ1) is 16.4. The Kier molecular flexibility index (Phi) is 8.17. The number of amides is 2. The van der Waals surface area contributed by atoms with E-state index in [0.29, 0.717) is 0 Å². The van der Waals surface area contributed by atoms with Gasteiger partial charge >= 0.3 is 12.2 Å². The fourth-order valence-corrected chi connectivity index (χ4v) is 3.16. The van der Waals surface area contributed by atoms with Gasteiger partial charge in [0.1, 0.15) is 12.3 Å².